The molecular weight excluding hydrogens is 416 g/mol. The molecule has 2 rings (SSSR count). The van der Waals surface area contributed by atoms with Gasteiger partial charge in [-0.05, 0) is 36.3 Å². The van der Waals surface area contributed by atoms with Crippen LogP contribution in [0.4, 0.5) is 0 Å². The van der Waals surface area contributed by atoms with Gasteiger partial charge in [-0.2, -0.15) is 0 Å². The van der Waals surface area contributed by atoms with Crippen molar-refractivity contribution in [3.05, 3.63) is 0 Å². The van der Waals surface area contributed by atoms with Crippen LogP contribution < -0.4 is 0 Å². The van der Waals surface area contributed by atoms with Gasteiger partial charge in [-0.1, -0.05) is 41.5 Å². The minimum atomic E-state index is -1.79. The summed E-state index contributed by atoms with van der Waals surface area (Å²) in [6.45, 7) is 23.4. The van der Waals surface area contributed by atoms with Crippen LogP contribution in [0.1, 0.15) is 54.4 Å². The molecule has 6 nitrogen and oxygen atoms in total. The van der Waals surface area contributed by atoms with Gasteiger partial charge in [0, 0.05) is 12.8 Å². The molecule has 8 heteroatoms. The number of hydrogen-bond donors (Lipinski definition) is 2. The number of ether oxygens (including phenoxy) is 2. The van der Waals surface area contributed by atoms with E-state index < -0.39 is 28.8 Å². The Morgan fingerprint density at radius 3 is 1.23 bits per heavy atom. The average molecular weight is 463 g/mol. The lowest BCUT2D eigenvalue weighted by Gasteiger charge is -2.36. The molecule has 0 amide bonds. The highest BCUT2D eigenvalue weighted by Gasteiger charge is 2.47. The standard InChI is InChI=1S/C22H46O6Si2/c1-21(2,3)29(7,8)25-13-19-17(27-19)11-15(23)16(24)12-18-20(28-18)14-26-30(9,10)22(4,5)6/h15-20,23-24H,11-14H2,1-10H3/t15-,16-,17+,18+,19+,20+/m0/s1. The molecule has 178 valence electrons. The molecule has 0 aromatic rings. The van der Waals surface area contributed by atoms with E-state index in [0.29, 0.717) is 26.1 Å². The average Bonchev–Trinajstić information content (AvgIpc) is 3.47. The van der Waals surface area contributed by atoms with Crippen molar-refractivity contribution < 1.29 is 28.5 Å². The van der Waals surface area contributed by atoms with Gasteiger partial charge >= 0.3 is 0 Å². The normalized spacial score (nSPS) is 29.6. The van der Waals surface area contributed by atoms with Crippen molar-refractivity contribution in [3.63, 3.8) is 0 Å². The fraction of sp³-hybridized carbons (Fsp3) is 1.00. The van der Waals surface area contributed by atoms with Crippen LogP contribution in [0.2, 0.25) is 36.3 Å². The fourth-order valence-electron chi connectivity index (χ4n) is 2.87. The SMILES string of the molecule is CC(C)(C)[Si](C)(C)OC[C@H]1O[C@@H]1C[C@H](O)[C@@H](O)C[C@H]1O[C@@H]1CO[Si](C)(C)C(C)(C)C. The highest BCUT2D eigenvalue weighted by atomic mass is 28.4. The summed E-state index contributed by atoms with van der Waals surface area (Å²) in [4.78, 5) is 0. The Morgan fingerprint density at radius 2 is 0.967 bits per heavy atom. The van der Waals surface area contributed by atoms with E-state index in [0.717, 1.165) is 0 Å². The Balaban J connectivity index is 1.64. The minimum Gasteiger partial charge on any atom is -0.414 e. The zero-order valence-corrected chi connectivity index (χ0v) is 22.8. The molecule has 0 aliphatic carbocycles. The first-order chi connectivity index (χ1) is 13.4. The van der Waals surface area contributed by atoms with Gasteiger partial charge in [0.05, 0.1) is 37.6 Å². The Labute approximate surface area is 185 Å². The molecule has 2 aliphatic rings. The number of hydrogen-bond acceptors (Lipinski definition) is 6. The van der Waals surface area contributed by atoms with E-state index in [9.17, 15) is 10.2 Å². The number of aliphatic hydroxyl groups is 2. The van der Waals surface area contributed by atoms with Crippen molar-refractivity contribution in [2.75, 3.05) is 13.2 Å². The number of aliphatic hydroxyl groups excluding tert-OH is 2. The fourth-order valence-corrected chi connectivity index (χ4v) is 4.90. The molecule has 30 heavy (non-hydrogen) atoms. The summed E-state index contributed by atoms with van der Waals surface area (Å²) >= 11 is 0. The molecule has 2 N–H and O–H groups in total. The molecule has 2 aliphatic heterocycles. The maximum absolute atomic E-state index is 10.4. The second-order valence-electron chi connectivity index (χ2n) is 12.2. The molecule has 2 saturated heterocycles. The van der Waals surface area contributed by atoms with Gasteiger partial charge in [0.15, 0.2) is 16.6 Å². The Hall–Kier alpha value is 0.194. The van der Waals surface area contributed by atoms with Gasteiger partial charge in [-0.3, -0.25) is 0 Å². The van der Waals surface area contributed by atoms with Crippen molar-refractivity contribution in [1.29, 1.82) is 0 Å². The van der Waals surface area contributed by atoms with Gasteiger partial charge < -0.3 is 28.5 Å². The van der Waals surface area contributed by atoms with Crippen LogP contribution >= 0.6 is 0 Å². The summed E-state index contributed by atoms with van der Waals surface area (Å²) in [6, 6.07) is 0. The van der Waals surface area contributed by atoms with Gasteiger partial charge in [0.1, 0.15) is 12.2 Å². The second kappa shape index (κ2) is 9.21. The highest BCUT2D eigenvalue weighted by molar-refractivity contribution is 6.74. The van der Waals surface area contributed by atoms with Crippen molar-refractivity contribution in [3.8, 4) is 0 Å². The predicted octanol–water partition coefficient (Wildman–Crippen LogP) is 4.07. The Bertz CT molecular complexity index is 519. The van der Waals surface area contributed by atoms with Gasteiger partial charge in [0.2, 0.25) is 0 Å². The molecular formula is C22H46O6Si2. The van der Waals surface area contributed by atoms with E-state index in [1.807, 2.05) is 0 Å². The first-order valence-electron chi connectivity index (χ1n) is 11.4. The largest absolute Gasteiger partial charge is 0.414 e. The van der Waals surface area contributed by atoms with Crippen LogP contribution in [0.15, 0.2) is 0 Å². The van der Waals surface area contributed by atoms with Crippen LogP contribution in [-0.4, -0.2) is 76.7 Å². The summed E-state index contributed by atoms with van der Waals surface area (Å²) in [7, 11) is -3.58. The Morgan fingerprint density at radius 1 is 0.667 bits per heavy atom. The van der Waals surface area contributed by atoms with Crippen LogP contribution in [0, 0.1) is 0 Å². The predicted molar refractivity (Wildman–Crippen MR) is 125 cm³/mol. The maximum atomic E-state index is 10.4. The molecule has 2 fully saturated rings. The number of rotatable bonds is 11. The van der Waals surface area contributed by atoms with Crippen LogP contribution in [0.25, 0.3) is 0 Å². The van der Waals surface area contributed by atoms with Crippen molar-refractivity contribution in [1.82, 2.24) is 0 Å². The van der Waals surface area contributed by atoms with E-state index in [1.165, 1.54) is 0 Å². The van der Waals surface area contributed by atoms with Crippen molar-refractivity contribution in [2.24, 2.45) is 0 Å². The third-order valence-corrected chi connectivity index (χ3v) is 16.6. The minimum absolute atomic E-state index is 0.0303. The van der Waals surface area contributed by atoms with Crippen LogP contribution in [-0.2, 0) is 18.3 Å². The molecule has 2 heterocycles. The van der Waals surface area contributed by atoms with Gasteiger partial charge in [-0.15, -0.1) is 0 Å². The topological polar surface area (TPSA) is 84.0 Å². The molecule has 0 aromatic carbocycles. The van der Waals surface area contributed by atoms with Crippen molar-refractivity contribution in [2.45, 2.75) is 127 Å². The summed E-state index contributed by atoms with van der Waals surface area (Å²) in [5.41, 5.74) is 0. The molecule has 0 saturated carbocycles. The Kier molecular flexibility index (Phi) is 8.12. The number of epoxide rings is 2. The lowest BCUT2D eigenvalue weighted by atomic mass is 10.0. The lowest BCUT2D eigenvalue weighted by molar-refractivity contribution is 0.00207. The summed E-state index contributed by atoms with van der Waals surface area (Å²) < 4.78 is 23.7. The third kappa shape index (κ3) is 7.10. The molecule has 0 unspecified atom stereocenters. The third-order valence-electron chi connectivity index (χ3n) is 7.60. The van der Waals surface area contributed by atoms with E-state index >= 15 is 0 Å². The summed E-state index contributed by atoms with van der Waals surface area (Å²) in [5.74, 6) is 0. The maximum Gasteiger partial charge on any atom is 0.192 e. The molecule has 0 bridgehead atoms. The highest BCUT2D eigenvalue weighted by Crippen LogP contribution is 2.39. The zero-order chi connectivity index (χ0) is 23.1. The zero-order valence-electron chi connectivity index (χ0n) is 20.8. The summed E-state index contributed by atoms with van der Waals surface area (Å²) in [6.07, 6.45) is -0.741. The molecule has 6 atom stereocenters. The van der Waals surface area contributed by atoms with Gasteiger partial charge in [0.25, 0.3) is 0 Å². The summed E-state index contributed by atoms with van der Waals surface area (Å²) in [5, 5.41) is 21.1. The monoisotopic (exact) mass is 462 g/mol. The quantitative estimate of drug-likeness (QED) is 0.356. The smallest absolute Gasteiger partial charge is 0.192 e. The van der Waals surface area contributed by atoms with E-state index in [4.69, 9.17) is 18.3 Å². The lowest BCUT2D eigenvalue weighted by Crippen LogP contribution is -2.42. The first-order valence-corrected chi connectivity index (χ1v) is 17.2. The van der Waals surface area contributed by atoms with E-state index in [1.54, 1.807) is 0 Å². The molecule has 0 spiro atoms. The van der Waals surface area contributed by atoms with E-state index in [2.05, 4.69) is 67.7 Å². The van der Waals surface area contributed by atoms with Crippen LogP contribution in [0.3, 0.4) is 0 Å². The molecule has 0 aromatic heterocycles. The van der Waals surface area contributed by atoms with Crippen LogP contribution in [0.5, 0.6) is 0 Å². The first kappa shape index (κ1) is 26.4. The van der Waals surface area contributed by atoms with Gasteiger partial charge in [-0.25, -0.2) is 0 Å². The van der Waals surface area contributed by atoms with Crippen molar-refractivity contribution >= 4 is 16.6 Å². The van der Waals surface area contributed by atoms with E-state index in [-0.39, 0.29) is 34.5 Å². The second-order valence-corrected chi connectivity index (χ2v) is 21.8. The molecule has 0 radical (unpaired) electrons.